The highest BCUT2D eigenvalue weighted by Gasteiger charge is 1.89. The maximum atomic E-state index is 8.05. The third kappa shape index (κ3) is 2.78. The van der Waals surface area contributed by atoms with Gasteiger partial charge in [-0.25, -0.2) is 0 Å². The first-order valence-electron chi connectivity index (χ1n) is 3.08. The molecule has 0 fully saturated rings. The molecule has 4 heteroatoms. The first-order valence-corrected chi connectivity index (χ1v) is 4.16. The predicted octanol–water partition coefficient (Wildman–Crippen LogP) is 3.10. The Balaban J connectivity index is 2.79. The first-order chi connectivity index (χ1) is 5.33. The third-order valence-electron chi connectivity index (χ3n) is 1.21. The molecule has 0 spiro atoms. The third-order valence-corrected chi connectivity index (χ3v) is 1.88. The van der Waals surface area contributed by atoms with Crippen LogP contribution in [0, 0.1) is 3.57 Å². The van der Waals surface area contributed by atoms with Crippen molar-refractivity contribution in [2.45, 2.75) is 6.54 Å². The van der Waals surface area contributed by atoms with Crippen LogP contribution in [0.3, 0.4) is 0 Å². The van der Waals surface area contributed by atoms with Crippen molar-refractivity contribution < 1.29 is 0 Å². The molecule has 11 heavy (non-hydrogen) atoms. The van der Waals surface area contributed by atoms with Gasteiger partial charge in [0.1, 0.15) is 0 Å². The first kappa shape index (κ1) is 8.36. The number of benzene rings is 1. The Labute approximate surface area is 78.2 Å². The molecule has 0 aromatic heterocycles. The van der Waals surface area contributed by atoms with Crippen LogP contribution < -0.4 is 0 Å². The summed E-state index contributed by atoms with van der Waals surface area (Å²) in [5.41, 5.74) is 9.10. The molecule has 0 saturated carbocycles. The topological polar surface area (TPSA) is 48.8 Å². The molecule has 0 atom stereocenters. The van der Waals surface area contributed by atoms with Crippen molar-refractivity contribution in [1.82, 2.24) is 0 Å². The van der Waals surface area contributed by atoms with Crippen LogP contribution in [-0.4, -0.2) is 0 Å². The lowest BCUT2D eigenvalue weighted by atomic mass is 10.2. The predicted molar refractivity (Wildman–Crippen MR) is 52.0 cm³/mol. The van der Waals surface area contributed by atoms with Crippen LogP contribution in [0.5, 0.6) is 0 Å². The Bertz CT molecular complexity index is 291. The highest BCUT2D eigenvalue weighted by atomic mass is 127. The summed E-state index contributed by atoms with van der Waals surface area (Å²) in [6.45, 7) is 0.438. The molecule has 0 unspecified atom stereocenters. The van der Waals surface area contributed by atoms with E-state index in [1.165, 1.54) is 0 Å². The average molecular weight is 259 g/mol. The van der Waals surface area contributed by atoms with Crippen molar-refractivity contribution in [3.8, 4) is 0 Å². The second-order valence-electron chi connectivity index (χ2n) is 2.02. The van der Waals surface area contributed by atoms with Gasteiger partial charge in [-0.2, -0.15) is 0 Å². The molecule has 0 amide bonds. The number of azide groups is 1. The molecule has 0 aliphatic rings. The zero-order chi connectivity index (χ0) is 8.10. The Kier molecular flexibility index (Phi) is 3.19. The molecule has 0 aliphatic carbocycles. The van der Waals surface area contributed by atoms with E-state index in [1.807, 2.05) is 24.3 Å². The van der Waals surface area contributed by atoms with E-state index in [2.05, 4.69) is 32.6 Å². The van der Waals surface area contributed by atoms with Crippen LogP contribution in [0.4, 0.5) is 0 Å². The lowest BCUT2D eigenvalue weighted by Crippen LogP contribution is -1.79. The zero-order valence-corrected chi connectivity index (χ0v) is 7.89. The highest BCUT2D eigenvalue weighted by molar-refractivity contribution is 14.1. The summed E-state index contributed by atoms with van der Waals surface area (Å²) in [5.74, 6) is 0. The molecule has 0 aliphatic heterocycles. The largest absolute Gasteiger partial charge is 0.0893 e. The van der Waals surface area contributed by atoms with E-state index in [9.17, 15) is 0 Å². The smallest absolute Gasteiger partial charge is 0.0511 e. The lowest BCUT2D eigenvalue weighted by Gasteiger charge is -1.94. The van der Waals surface area contributed by atoms with Crippen molar-refractivity contribution in [3.63, 3.8) is 0 Å². The van der Waals surface area contributed by atoms with Crippen LogP contribution in [0.1, 0.15) is 5.56 Å². The van der Waals surface area contributed by atoms with Crippen molar-refractivity contribution >= 4 is 22.6 Å². The van der Waals surface area contributed by atoms with Gasteiger partial charge in [0, 0.05) is 8.48 Å². The molecule has 1 rings (SSSR count). The fourth-order valence-corrected chi connectivity index (χ4v) is 1.36. The molecule has 0 saturated heterocycles. The zero-order valence-electron chi connectivity index (χ0n) is 5.74. The second-order valence-corrected chi connectivity index (χ2v) is 3.26. The Morgan fingerprint density at radius 2 is 2.36 bits per heavy atom. The van der Waals surface area contributed by atoms with Crippen molar-refractivity contribution in [2.75, 3.05) is 0 Å². The molecular weight excluding hydrogens is 253 g/mol. The Morgan fingerprint density at radius 1 is 1.55 bits per heavy atom. The Hall–Kier alpha value is -0.740. The molecular formula is C7H6IN3. The van der Waals surface area contributed by atoms with Crippen LogP contribution >= 0.6 is 22.6 Å². The summed E-state index contributed by atoms with van der Waals surface area (Å²) in [6, 6.07) is 7.89. The fourth-order valence-electron chi connectivity index (χ4n) is 0.749. The van der Waals surface area contributed by atoms with Gasteiger partial charge in [0.25, 0.3) is 0 Å². The quantitative estimate of drug-likeness (QED) is 0.339. The Morgan fingerprint density at radius 3 is 3.00 bits per heavy atom. The number of hydrogen-bond acceptors (Lipinski definition) is 1. The van der Waals surface area contributed by atoms with Crippen molar-refractivity contribution in [3.05, 3.63) is 43.8 Å². The molecule has 0 heterocycles. The van der Waals surface area contributed by atoms with Crippen LogP contribution in [-0.2, 0) is 6.54 Å². The van der Waals surface area contributed by atoms with Gasteiger partial charge in [0.05, 0.1) is 6.54 Å². The van der Waals surface area contributed by atoms with Gasteiger partial charge in [-0.3, -0.25) is 0 Å². The highest BCUT2D eigenvalue weighted by Crippen LogP contribution is 2.08. The maximum absolute atomic E-state index is 8.05. The van der Waals surface area contributed by atoms with E-state index in [4.69, 9.17) is 5.53 Å². The number of hydrogen-bond donors (Lipinski definition) is 0. The normalized spacial score (nSPS) is 8.82. The molecule has 0 N–H and O–H groups in total. The molecule has 1 aromatic rings. The van der Waals surface area contributed by atoms with Crippen molar-refractivity contribution in [1.29, 1.82) is 0 Å². The number of halogens is 1. The van der Waals surface area contributed by atoms with Gasteiger partial charge in [-0.15, -0.1) is 0 Å². The summed E-state index contributed by atoms with van der Waals surface area (Å²) >= 11 is 2.22. The average Bonchev–Trinajstić information content (AvgIpc) is 2.01. The van der Waals surface area contributed by atoms with Gasteiger partial charge in [-0.1, -0.05) is 17.2 Å². The summed E-state index contributed by atoms with van der Waals surface area (Å²) in [4.78, 5) is 2.68. The minimum Gasteiger partial charge on any atom is -0.0893 e. The van der Waals surface area contributed by atoms with E-state index in [0.717, 1.165) is 9.13 Å². The standard InChI is InChI=1S/C7H6IN3/c8-7-3-1-2-6(4-7)5-10-11-9/h1-4H,5H2. The molecule has 1 aromatic carbocycles. The molecule has 0 bridgehead atoms. The minimum atomic E-state index is 0.438. The molecule has 56 valence electrons. The van der Waals surface area contributed by atoms with Gasteiger partial charge < -0.3 is 0 Å². The van der Waals surface area contributed by atoms with E-state index < -0.39 is 0 Å². The van der Waals surface area contributed by atoms with Crippen LogP contribution in [0.2, 0.25) is 0 Å². The van der Waals surface area contributed by atoms with E-state index >= 15 is 0 Å². The van der Waals surface area contributed by atoms with E-state index in [-0.39, 0.29) is 0 Å². The monoisotopic (exact) mass is 259 g/mol. The maximum Gasteiger partial charge on any atom is 0.0511 e. The van der Waals surface area contributed by atoms with E-state index in [1.54, 1.807) is 0 Å². The number of rotatable bonds is 2. The lowest BCUT2D eigenvalue weighted by molar-refractivity contribution is 1.05. The molecule has 3 nitrogen and oxygen atoms in total. The number of nitrogens with zero attached hydrogens (tertiary/aromatic N) is 3. The summed E-state index contributed by atoms with van der Waals surface area (Å²) in [6.07, 6.45) is 0. The van der Waals surface area contributed by atoms with Gasteiger partial charge in [-0.05, 0) is 45.8 Å². The van der Waals surface area contributed by atoms with Crippen LogP contribution in [0.15, 0.2) is 29.4 Å². The van der Waals surface area contributed by atoms with Gasteiger partial charge in [0.15, 0.2) is 0 Å². The summed E-state index contributed by atoms with van der Waals surface area (Å²) in [5, 5.41) is 3.46. The minimum absolute atomic E-state index is 0.438. The second kappa shape index (κ2) is 4.20. The molecule has 0 radical (unpaired) electrons. The fraction of sp³-hybridized carbons (Fsp3) is 0.143. The van der Waals surface area contributed by atoms with Crippen molar-refractivity contribution in [2.24, 2.45) is 5.11 Å². The SMILES string of the molecule is [N-]=[N+]=NCc1cccc(I)c1. The summed E-state index contributed by atoms with van der Waals surface area (Å²) in [7, 11) is 0. The van der Waals surface area contributed by atoms with Crippen LogP contribution in [0.25, 0.3) is 10.4 Å². The van der Waals surface area contributed by atoms with Gasteiger partial charge in [0.2, 0.25) is 0 Å². The summed E-state index contributed by atoms with van der Waals surface area (Å²) < 4.78 is 1.16. The van der Waals surface area contributed by atoms with E-state index in [0.29, 0.717) is 6.54 Å². The van der Waals surface area contributed by atoms with Gasteiger partial charge >= 0.3 is 0 Å².